The number of anilines is 5. The van der Waals surface area contributed by atoms with Gasteiger partial charge in [0.25, 0.3) is 0 Å². The number of ether oxygens (including phenoxy) is 4. The van der Waals surface area contributed by atoms with Crippen LogP contribution in [0.15, 0.2) is 154 Å². The van der Waals surface area contributed by atoms with E-state index in [9.17, 15) is 9.90 Å². The summed E-state index contributed by atoms with van der Waals surface area (Å²) >= 11 is 0. The monoisotopic (exact) mass is 1600 g/mol. The zero-order valence-corrected chi connectivity index (χ0v) is 68.6. The molecule has 15 rings (SSSR count). The number of nitrogens with two attached hydrogens (primary N) is 5. The molecular weight excluding hydrogens is 1500 g/mol. The minimum atomic E-state index is -3.66. The largest absolute Gasteiger partial charge is 1.00 e. The number of pyridine rings is 5. The molecule has 31 heteroatoms. The Hall–Kier alpha value is -10.9. The second kappa shape index (κ2) is 39.9. The number of aliphatic carboxylic acids is 1. The van der Waals surface area contributed by atoms with E-state index in [-0.39, 0.29) is 125 Å². The molecule has 0 radical (unpaired) electrons. The molecule has 5 aliphatic rings. The first-order valence-corrected chi connectivity index (χ1v) is 41.2. The number of hydrogen-bond acceptors (Lipinski definition) is 25. The number of carbonyl (C=O) groups is 5. The van der Waals surface area contributed by atoms with Gasteiger partial charge >= 0.3 is 59.6 Å². The maximum atomic E-state index is 16.2. The normalized spacial score (nSPS) is 17.4. The van der Waals surface area contributed by atoms with E-state index in [1.54, 1.807) is 123 Å². The van der Waals surface area contributed by atoms with Crippen LogP contribution in [0.3, 0.4) is 0 Å². The Kier molecular flexibility index (Phi) is 28.6. The Balaban J connectivity index is 0.000000424. The van der Waals surface area contributed by atoms with Gasteiger partial charge in [-0.25, -0.2) is 49.8 Å². The van der Waals surface area contributed by atoms with Crippen molar-refractivity contribution in [3.8, 4) is 0 Å². The summed E-state index contributed by atoms with van der Waals surface area (Å²) in [5, 5.41) is 11.6. The fourth-order valence-electron chi connectivity index (χ4n) is 17.0. The zero-order valence-electron chi connectivity index (χ0n) is 66.6. The van der Waals surface area contributed by atoms with Gasteiger partial charge in [0.05, 0.1) is 66.1 Å². The topological polar surface area (TPSA) is 429 Å². The Labute approximate surface area is 702 Å². The molecule has 0 unspecified atom stereocenters. The Bertz CT molecular complexity index is 4370. The van der Waals surface area contributed by atoms with Gasteiger partial charge in [-0.3, -0.25) is 19.2 Å². The molecule has 0 aromatic carbocycles. The van der Waals surface area contributed by atoms with Gasteiger partial charge in [0, 0.05) is 98.1 Å². The summed E-state index contributed by atoms with van der Waals surface area (Å²) in [4.78, 5) is 121. The number of esters is 4. The van der Waals surface area contributed by atoms with E-state index in [1.165, 1.54) is 44.0 Å². The third-order valence-electron chi connectivity index (χ3n) is 23.6. The fourth-order valence-corrected chi connectivity index (χ4v) is 17.0. The van der Waals surface area contributed by atoms with Gasteiger partial charge in [-0.05, 0) is 154 Å². The summed E-state index contributed by atoms with van der Waals surface area (Å²) in [7, 11) is 0. The van der Waals surface area contributed by atoms with Crippen molar-refractivity contribution >= 4 is 58.9 Å². The molecule has 610 valence electrons. The molecule has 0 aliphatic heterocycles. The van der Waals surface area contributed by atoms with E-state index in [1.807, 2.05) is 24.5 Å². The van der Waals surface area contributed by atoms with Crippen molar-refractivity contribution in [2.75, 3.05) is 28.7 Å². The molecule has 0 spiro atoms. The second-order valence-electron chi connectivity index (χ2n) is 31.9. The molecule has 5 saturated carbocycles. The molecule has 10 aromatic rings. The van der Waals surface area contributed by atoms with Crippen molar-refractivity contribution in [1.29, 1.82) is 0 Å². The summed E-state index contributed by atoms with van der Waals surface area (Å²) in [5.41, 5.74) is 34.6. The van der Waals surface area contributed by atoms with Gasteiger partial charge in [0.1, 0.15) is 52.8 Å². The van der Waals surface area contributed by atoms with Gasteiger partial charge in [-0.15, -0.1) is 0 Å². The average Bonchev–Trinajstić information content (AvgIpc) is 1.39. The quantitative estimate of drug-likeness (QED) is 0.0166. The van der Waals surface area contributed by atoms with Crippen LogP contribution in [-0.4, -0.2) is 109 Å². The molecule has 117 heavy (non-hydrogen) atoms. The van der Waals surface area contributed by atoms with Crippen LogP contribution in [0.2, 0.25) is 0 Å². The maximum absolute atomic E-state index is 16.2. The van der Waals surface area contributed by atoms with Crippen molar-refractivity contribution in [1.82, 2.24) is 72.7 Å². The van der Waals surface area contributed by atoms with Crippen LogP contribution in [0.25, 0.3) is 0 Å². The van der Waals surface area contributed by atoms with E-state index in [2.05, 4.69) is 34.5 Å². The minimum absolute atomic E-state index is 0. The number of rotatable bonds is 29. The number of carboxylic acid groups (broad SMARTS) is 1. The van der Waals surface area contributed by atoms with Gasteiger partial charge in [-0.1, -0.05) is 127 Å². The third kappa shape index (κ3) is 22.3. The first-order valence-electron chi connectivity index (χ1n) is 41.2. The van der Waals surface area contributed by atoms with Crippen LogP contribution in [0.4, 0.5) is 29.1 Å². The standard InChI is InChI=1S/C69H84N16O8.C17H22N4O2.Na/c70-61-25-21-45(33-74-61)29-53(57-37-82(41-78-57)49-13-5-1-6-14-49)65(86)90-69(91-66(87)54(30-46-22-26-62(71)75-34-46)58-38-83(42-79-58)50-15-7-2-8-16-50,92-67(88)55(31-47-23-27-63(72)76-35-47)59-39-84(43-80-59)51-17-9-3-10-18-51)93-68(89)56(32-48-24-28-64(73)77-36-48)60-40-85(44-81-60)52-19-11-4-12-20-52;18-16-7-6-12(9-19-16)8-14(17(22)23)15-10-21(11-20-15)13-4-2-1-3-5-13;/h21-28,33-44,49-56H,1-20,29-32H2,(H2,70,74)(H2,71,75)(H2,72,76)(H2,73,77);6-7,9-11,13-14H,1-5,8H2,(H2,18,19)(H,22,23);/q;;+1/p-1/t53-,54-,55-,56-;14-;/m11./s1. The van der Waals surface area contributed by atoms with Gasteiger partial charge in [0.2, 0.25) is 0 Å². The van der Waals surface area contributed by atoms with Crippen LogP contribution in [0.5, 0.6) is 0 Å². The van der Waals surface area contributed by atoms with Crippen molar-refractivity contribution in [2.45, 2.75) is 259 Å². The van der Waals surface area contributed by atoms with Crippen molar-refractivity contribution < 1.29 is 77.6 Å². The van der Waals surface area contributed by atoms with Crippen LogP contribution in [0, 0.1) is 0 Å². The Morgan fingerprint density at radius 1 is 0.308 bits per heavy atom. The van der Waals surface area contributed by atoms with Crippen LogP contribution in [-0.2, 0) is 75.0 Å². The first-order chi connectivity index (χ1) is 56.4. The number of nitrogens with zero attached hydrogens (tertiary/aromatic N) is 15. The molecule has 0 saturated heterocycles. The number of imidazole rings is 5. The number of aromatic nitrogens is 15. The van der Waals surface area contributed by atoms with Crippen LogP contribution >= 0.6 is 0 Å². The smallest absolute Gasteiger partial charge is 0.549 e. The number of nitrogen functional groups attached to an aromatic ring is 5. The molecule has 5 aliphatic carbocycles. The first kappa shape index (κ1) is 84.1. The summed E-state index contributed by atoms with van der Waals surface area (Å²) in [6.07, 6.45) is 47.4. The molecule has 10 aromatic heterocycles. The summed E-state index contributed by atoms with van der Waals surface area (Å²) in [6.45, 7) is 0. The summed E-state index contributed by atoms with van der Waals surface area (Å²) in [6, 6.07) is 17.7. The zero-order chi connectivity index (χ0) is 80.5. The molecule has 5 atom stereocenters. The van der Waals surface area contributed by atoms with E-state index in [0.29, 0.717) is 46.2 Å². The van der Waals surface area contributed by atoms with E-state index in [4.69, 9.17) is 67.6 Å². The molecule has 10 heterocycles. The van der Waals surface area contributed by atoms with E-state index >= 15 is 19.2 Å². The maximum Gasteiger partial charge on any atom is 1.00 e. The van der Waals surface area contributed by atoms with Crippen molar-refractivity contribution in [3.63, 3.8) is 0 Å². The van der Waals surface area contributed by atoms with Crippen molar-refractivity contribution in [2.24, 2.45) is 0 Å². The summed E-state index contributed by atoms with van der Waals surface area (Å²) < 4.78 is 36.7. The predicted octanol–water partition coefficient (Wildman–Crippen LogP) is 9.04. The molecular formula is C86H105N20NaO10. The fraction of sp³-hybridized carbons (Fsp3) is 0.477. The van der Waals surface area contributed by atoms with Crippen LogP contribution in [0.1, 0.15) is 277 Å². The van der Waals surface area contributed by atoms with E-state index in [0.717, 1.165) is 147 Å². The summed E-state index contributed by atoms with van der Waals surface area (Å²) in [5.74, 6) is -10.4. The minimum Gasteiger partial charge on any atom is -0.549 e. The Morgan fingerprint density at radius 3 is 0.675 bits per heavy atom. The second-order valence-corrected chi connectivity index (χ2v) is 31.9. The van der Waals surface area contributed by atoms with Crippen molar-refractivity contribution in [3.05, 3.63) is 211 Å². The Morgan fingerprint density at radius 2 is 0.496 bits per heavy atom. The SMILES string of the molecule is Nc1ccc(C[C@@H](C(=O)OC(OC(=O)[C@H](Cc2ccc(N)nc2)c2cn(C3CCCCC3)cn2)(OC(=O)[C@H](Cc2ccc(N)nc2)c2cn(C3CCCCC3)cn2)OC(=O)[C@H](Cc2ccc(N)nc2)c2cn(C3CCCCC3)cn2)c2cn(C3CCCCC3)cn2)cn1.Nc1ccc(C[C@@H](C(=O)[O-])c2cn(C3CCCCC3)cn2)cn1.[Na+]. The molecule has 10 N–H and O–H groups in total. The average molecular weight is 1600 g/mol. The number of carboxylic acids is 1. The van der Waals surface area contributed by atoms with Gasteiger partial charge < -0.3 is 80.4 Å². The van der Waals surface area contributed by atoms with E-state index < -0.39 is 65.6 Å². The third-order valence-corrected chi connectivity index (χ3v) is 23.6. The predicted molar refractivity (Wildman–Crippen MR) is 429 cm³/mol. The molecule has 5 fully saturated rings. The number of carbonyl (C=O) groups excluding carboxylic acids is 5. The molecule has 0 amide bonds. The van der Waals surface area contributed by atoms with Gasteiger partial charge in [0.15, 0.2) is 0 Å². The molecule has 30 nitrogen and oxygen atoms in total. The molecule has 0 bridgehead atoms. The number of hydrogen-bond donors (Lipinski definition) is 5. The van der Waals surface area contributed by atoms with Crippen LogP contribution < -0.4 is 63.3 Å². The van der Waals surface area contributed by atoms with Gasteiger partial charge in [-0.2, -0.15) is 0 Å².